The SMILES string of the molecule is CN(C(=O)CCC(=O)c1cccs1)C1CC2CCC(C1)N2.Cl. The van der Waals surface area contributed by atoms with Gasteiger partial charge in [-0.3, -0.25) is 9.59 Å². The van der Waals surface area contributed by atoms with Crippen molar-refractivity contribution >= 4 is 35.4 Å². The lowest BCUT2D eigenvalue weighted by atomic mass is 9.98. The Morgan fingerprint density at radius 2 is 1.95 bits per heavy atom. The van der Waals surface area contributed by atoms with E-state index in [2.05, 4.69) is 5.32 Å². The summed E-state index contributed by atoms with van der Waals surface area (Å²) in [5, 5.41) is 5.49. The van der Waals surface area contributed by atoms with E-state index in [4.69, 9.17) is 0 Å². The Kier molecular flexibility index (Phi) is 6.01. The number of nitrogens with one attached hydrogen (secondary N) is 1. The van der Waals surface area contributed by atoms with E-state index in [-0.39, 0.29) is 24.1 Å². The van der Waals surface area contributed by atoms with E-state index in [0.717, 1.165) is 17.7 Å². The van der Waals surface area contributed by atoms with Gasteiger partial charge in [-0.1, -0.05) is 6.07 Å². The summed E-state index contributed by atoms with van der Waals surface area (Å²) in [7, 11) is 1.90. The highest BCUT2D eigenvalue weighted by Crippen LogP contribution is 2.29. The molecule has 0 aromatic carbocycles. The molecule has 122 valence electrons. The molecule has 2 saturated heterocycles. The number of fused-ring (bicyclic) bond motifs is 2. The molecule has 0 saturated carbocycles. The predicted molar refractivity (Wildman–Crippen MR) is 90.9 cm³/mol. The van der Waals surface area contributed by atoms with Gasteiger partial charge in [0.25, 0.3) is 0 Å². The Hall–Kier alpha value is -0.910. The van der Waals surface area contributed by atoms with Crippen molar-refractivity contribution in [2.75, 3.05) is 7.05 Å². The first-order valence-electron chi connectivity index (χ1n) is 7.72. The lowest BCUT2D eigenvalue weighted by molar-refractivity contribution is -0.132. The first-order valence-corrected chi connectivity index (χ1v) is 8.60. The number of hydrogen-bond donors (Lipinski definition) is 1. The van der Waals surface area contributed by atoms with Gasteiger partial charge >= 0.3 is 0 Å². The molecule has 2 aliphatic heterocycles. The Labute approximate surface area is 141 Å². The Balaban J connectivity index is 0.00000176. The van der Waals surface area contributed by atoms with E-state index in [1.165, 1.54) is 24.2 Å². The number of halogens is 1. The minimum absolute atomic E-state index is 0. The second-order valence-electron chi connectivity index (χ2n) is 6.17. The number of carbonyl (C=O) groups excluding carboxylic acids is 2. The number of Topliss-reactive ketones (excluding diaryl/α,β-unsaturated/α-hetero) is 1. The van der Waals surface area contributed by atoms with Crippen LogP contribution in [0.2, 0.25) is 0 Å². The number of thiophene rings is 1. The zero-order valence-corrected chi connectivity index (χ0v) is 14.4. The number of rotatable bonds is 5. The van der Waals surface area contributed by atoms with Gasteiger partial charge in [0.2, 0.25) is 5.91 Å². The highest BCUT2D eigenvalue weighted by molar-refractivity contribution is 7.12. The molecule has 1 aromatic rings. The summed E-state index contributed by atoms with van der Waals surface area (Å²) < 4.78 is 0. The van der Waals surface area contributed by atoms with Crippen LogP contribution in [0.15, 0.2) is 17.5 Å². The fourth-order valence-corrected chi connectivity index (χ4v) is 4.20. The third-order valence-corrected chi connectivity index (χ3v) is 5.66. The molecule has 1 aromatic heterocycles. The summed E-state index contributed by atoms with van der Waals surface area (Å²) in [6, 6.07) is 5.20. The molecule has 2 bridgehead atoms. The average Bonchev–Trinajstić information content (AvgIpc) is 3.13. The van der Waals surface area contributed by atoms with Crippen LogP contribution >= 0.6 is 23.7 Å². The van der Waals surface area contributed by atoms with Crippen LogP contribution in [0.1, 0.15) is 48.2 Å². The molecule has 1 N–H and O–H groups in total. The monoisotopic (exact) mass is 342 g/mol. The first kappa shape index (κ1) is 17.4. The summed E-state index contributed by atoms with van der Waals surface area (Å²) in [5.41, 5.74) is 0. The average molecular weight is 343 g/mol. The van der Waals surface area contributed by atoms with Crippen molar-refractivity contribution in [1.29, 1.82) is 0 Å². The summed E-state index contributed by atoms with van der Waals surface area (Å²) in [6.45, 7) is 0. The van der Waals surface area contributed by atoms with Gasteiger partial charge in [-0.2, -0.15) is 0 Å². The van der Waals surface area contributed by atoms with Crippen LogP contribution in [0.5, 0.6) is 0 Å². The number of ketones is 1. The van der Waals surface area contributed by atoms with Crippen molar-refractivity contribution in [3.63, 3.8) is 0 Å². The van der Waals surface area contributed by atoms with E-state index in [1.807, 2.05) is 29.5 Å². The minimum Gasteiger partial charge on any atom is -0.343 e. The molecular weight excluding hydrogens is 320 g/mol. The number of hydrogen-bond acceptors (Lipinski definition) is 4. The minimum atomic E-state index is 0. The molecule has 3 heterocycles. The number of amides is 1. The lowest BCUT2D eigenvalue weighted by Gasteiger charge is -2.35. The van der Waals surface area contributed by atoms with Crippen LogP contribution in [-0.2, 0) is 4.79 Å². The van der Waals surface area contributed by atoms with Gasteiger partial charge in [0.15, 0.2) is 5.78 Å². The topological polar surface area (TPSA) is 49.4 Å². The van der Waals surface area contributed by atoms with Crippen LogP contribution in [0, 0.1) is 0 Å². The van der Waals surface area contributed by atoms with Crippen molar-refractivity contribution in [2.45, 2.75) is 56.7 Å². The molecule has 2 unspecified atom stereocenters. The number of piperidine rings is 1. The first-order chi connectivity index (χ1) is 10.1. The largest absolute Gasteiger partial charge is 0.343 e. The molecule has 4 nitrogen and oxygen atoms in total. The maximum atomic E-state index is 12.3. The van der Waals surface area contributed by atoms with Gasteiger partial charge < -0.3 is 10.2 Å². The summed E-state index contributed by atoms with van der Waals surface area (Å²) >= 11 is 1.45. The van der Waals surface area contributed by atoms with Gasteiger partial charge in [0, 0.05) is 38.0 Å². The molecule has 3 rings (SSSR count). The van der Waals surface area contributed by atoms with Gasteiger partial charge in [0.1, 0.15) is 0 Å². The second-order valence-corrected chi connectivity index (χ2v) is 7.12. The Morgan fingerprint density at radius 1 is 1.27 bits per heavy atom. The highest BCUT2D eigenvalue weighted by atomic mass is 35.5. The Bertz CT molecular complexity index is 508. The zero-order valence-electron chi connectivity index (χ0n) is 12.8. The third-order valence-electron chi connectivity index (χ3n) is 4.75. The second kappa shape index (κ2) is 7.57. The van der Waals surface area contributed by atoms with Crippen molar-refractivity contribution in [3.05, 3.63) is 22.4 Å². The van der Waals surface area contributed by atoms with Crippen LogP contribution in [0.4, 0.5) is 0 Å². The maximum Gasteiger partial charge on any atom is 0.223 e. The number of nitrogens with zero attached hydrogens (tertiary/aromatic N) is 1. The van der Waals surface area contributed by atoms with Crippen molar-refractivity contribution in [1.82, 2.24) is 10.2 Å². The van der Waals surface area contributed by atoms with Crippen LogP contribution in [0.3, 0.4) is 0 Å². The summed E-state index contributed by atoms with van der Waals surface area (Å²) in [5.74, 6) is 0.184. The van der Waals surface area contributed by atoms with Crippen molar-refractivity contribution in [3.8, 4) is 0 Å². The molecule has 0 spiro atoms. The third kappa shape index (κ3) is 3.89. The molecule has 0 radical (unpaired) electrons. The van der Waals surface area contributed by atoms with Crippen LogP contribution in [-0.4, -0.2) is 41.8 Å². The van der Waals surface area contributed by atoms with E-state index in [9.17, 15) is 9.59 Å². The zero-order chi connectivity index (χ0) is 14.8. The van der Waals surface area contributed by atoms with Gasteiger partial charge in [-0.15, -0.1) is 23.7 Å². The van der Waals surface area contributed by atoms with Crippen molar-refractivity contribution < 1.29 is 9.59 Å². The molecular formula is C16H23ClN2O2S. The van der Waals surface area contributed by atoms with Gasteiger partial charge in [-0.25, -0.2) is 0 Å². The molecule has 6 heteroatoms. The van der Waals surface area contributed by atoms with E-state index < -0.39 is 0 Å². The normalized spacial score (nSPS) is 26.3. The summed E-state index contributed by atoms with van der Waals surface area (Å²) in [4.78, 5) is 26.9. The van der Waals surface area contributed by atoms with E-state index in [0.29, 0.717) is 31.0 Å². The van der Waals surface area contributed by atoms with Gasteiger partial charge in [0.05, 0.1) is 4.88 Å². The van der Waals surface area contributed by atoms with E-state index in [1.54, 1.807) is 0 Å². The van der Waals surface area contributed by atoms with Crippen LogP contribution < -0.4 is 5.32 Å². The molecule has 2 fully saturated rings. The van der Waals surface area contributed by atoms with Crippen LogP contribution in [0.25, 0.3) is 0 Å². The highest BCUT2D eigenvalue weighted by Gasteiger charge is 2.36. The number of carbonyl (C=O) groups is 2. The fraction of sp³-hybridized carbons (Fsp3) is 0.625. The van der Waals surface area contributed by atoms with Crippen molar-refractivity contribution in [2.24, 2.45) is 0 Å². The van der Waals surface area contributed by atoms with Gasteiger partial charge in [-0.05, 0) is 37.1 Å². The lowest BCUT2D eigenvalue weighted by Crippen LogP contribution is -2.48. The molecule has 2 aliphatic rings. The molecule has 0 aliphatic carbocycles. The Morgan fingerprint density at radius 3 is 2.55 bits per heavy atom. The maximum absolute atomic E-state index is 12.3. The smallest absolute Gasteiger partial charge is 0.223 e. The summed E-state index contributed by atoms with van der Waals surface area (Å²) in [6.07, 6.45) is 5.23. The standard InChI is InChI=1S/C16H22N2O2S.ClH/c1-18(13-9-11-4-5-12(10-13)17-11)16(20)7-6-14(19)15-3-2-8-21-15;/h2-3,8,11-13,17H,4-7,9-10H2,1H3;1H. The molecule has 2 atom stereocenters. The predicted octanol–water partition coefficient (Wildman–Crippen LogP) is 2.87. The quantitative estimate of drug-likeness (QED) is 0.837. The van der Waals surface area contributed by atoms with E-state index >= 15 is 0 Å². The molecule has 22 heavy (non-hydrogen) atoms. The molecule has 1 amide bonds. The fourth-order valence-electron chi connectivity index (χ4n) is 3.50.